The lowest BCUT2D eigenvalue weighted by Crippen LogP contribution is -2.13. The summed E-state index contributed by atoms with van der Waals surface area (Å²) in [5.41, 5.74) is 0.201. The SMILES string of the molecule is Cc1cc(C#N)cc(Cl)c1Oc1c(C(C)F)nc[nH]c1=O. The number of nitriles is 1. The zero-order chi connectivity index (χ0) is 15.6. The number of alkyl halides is 1. The molecule has 1 N–H and O–H groups in total. The summed E-state index contributed by atoms with van der Waals surface area (Å²) >= 11 is 6.05. The summed E-state index contributed by atoms with van der Waals surface area (Å²) in [5, 5.41) is 9.02. The number of aryl methyl sites for hydroxylation is 1. The summed E-state index contributed by atoms with van der Waals surface area (Å²) in [7, 11) is 0. The highest BCUT2D eigenvalue weighted by molar-refractivity contribution is 6.32. The van der Waals surface area contributed by atoms with E-state index in [1.165, 1.54) is 13.0 Å². The molecule has 21 heavy (non-hydrogen) atoms. The molecule has 0 aliphatic heterocycles. The van der Waals surface area contributed by atoms with Crippen LogP contribution in [0.1, 0.15) is 29.9 Å². The van der Waals surface area contributed by atoms with Crippen LogP contribution in [0.2, 0.25) is 5.02 Å². The number of benzene rings is 1. The van der Waals surface area contributed by atoms with Crippen molar-refractivity contribution in [1.82, 2.24) is 9.97 Å². The number of hydrogen-bond acceptors (Lipinski definition) is 4. The monoisotopic (exact) mass is 307 g/mol. The van der Waals surface area contributed by atoms with E-state index in [9.17, 15) is 9.18 Å². The molecule has 1 unspecified atom stereocenters. The summed E-state index contributed by atoms with van der Waals surface area (Å²) in [6.07, 6.45) is -0.367. The van der Waals surface area contributed by atoms with Crippen LogP contribution in [-0.4, -0.2) is 9.97 Å². The Bertz CT molecular complexity index is 758. The average Bonchev–Trinajstić information content (AvgIpc) is 2.43. The largest absolute Gasteiger partial charge is 0.448 e. The molecule has 2 aromatic rings. The van der Waals surface area contributed by atoms with Crippen LogP contribution in [0.25, 0.3) is 0 Å². The molecule has 1 atom stereocenters. The maximum absolute atomic E-state index is 13.5. The van der Waals surface area contributed by atoms with E-state index < -0.39 is 11.7 Å². The molecule has 0 aliphatic carbocycles. The van der Waals surface area contributed by atoms with Crippen LogP contribution >= 0.6 is 11.6 Å². The van der Waals surface area contributed by atoms with Gasteiger partial charge in [0.25, 0.3) is 5.56 Å². The van der Waals surface area contributed by atoms with Crippen LogP contribution in [0.5, 0.6) is 11.5 Å². The first-order valence-electron chi connectivity index (χ1n) is 6.03. The van der Waals surface area contributed by atoms with Gasteiger partial charge in [-0.3, -0.25) is 4.79 Å². The van der Waals surface area contributed by atoms with Crippen LogP contribution in [0.4, 0.5) is 4.39 Å². The van der Waals surface area contributed by atoms with Gasteiger partial charge < -0.3 is 9.72 Å². The first-order chi connectivity index (χ1) is 9.93. The number of nitrogens with zero attached hydrogens (tertiary/aromatic N) is 2. The molecule has 0 radical (unpaired) electrons. The maximum Gasteiger partial charge on any atom is 0.294 e. The standard InChI is InChI=1S/C14H11ClFN3O2/c1-7-3-9(5-17)4-10(15)12(7)21-13-11(8(2)16)18-6-19-14(13)20/h3-4,6,8H,1-2H3,(H,18,19,20). The Balaban J connectivity index is 2.54. The van der Waals surface area contributed by atoms with Crippen molar-refractivity contribution in [2.24, 2.45) is 0 Å². The normalized spacial score (nSPS) is 11.8. The number of aromatic amines is 1. The molecule has 0 amide bonds. The quantitative estimate of drug-likeness (QED) is 0.942. The molecular weight excluding hydrogens is 297 g/mol. The topological polar surface area (TPSA) is 78.8 Å². The summed E-state index contributed by atoms with van der Waals surface area (Å²) in [4.78, 5) is 17.9. The molecule has 1 aromatic heterocycles. The third kappa shape index (κ3) is 3.03. The second-order valence-electron chi connectivity index (χ2n) is 4.38. The minimum atomic E-state index is -1.47. The summed E-state index contributed by atoms with van der Waals surface area (Å²) in [6, 6.07) is 4.93. The lowest BCUT2D eigenvalue weighted by Gasteiger charge is -2.13. The summed E-state index contributed by atoms with van der Waals surface area (Å²) in [6.45, 7) is 2.92. The van der Waals surface area contributed by atoms with Gasteiger partial charge in [-0.2, -0.15) is 5.26 Å². The minimum absolute atomic E-state index is 0.112. The average molecular weight is 308 g/mol. The molecule has 0 saturated heterocycles. The van der Waals surface area contributed by atoms with Gasteiger partial charge in [-0.1, -0.05) is 11.6 Å². The van der Waals surface area contributed by atoms with Gasteiger partial charge >= 0.3 is 0 Å². The van der Waals surface area contributed by atoms with Crippen molar-refractivity contribution in [2.45, 2.75) is 20.0 Å². The Morgan fingerprint density at radius 2 is 2.19 bits per heavy atom. The van der Waals surface area contributed by atoms with Gasteiger partial charge in [-0.15, -0.1) is 0 Å². The van der Waals surface area contributed by atoms with E-state index in [1.807, 2.05) is 6.07 Å². The van der Waals surface area contributed by atoms with Crippen molar-refractivity contribution >= 4 is 11.6 Å². The molecule has 0 saturated carbocycles. The number of hydrogen-bond donors (Lipinski definition) is 1. The van der Waals surface area contributed by atoms with Crippen LogP contribution in [0.15, 0.2) is 23.3 Å². The van der Waals surface area contributed by atoms with Gasteiger partial charge in [-0.05, 0) is 31.5 Å². The van der Waals surface area contributed by atoms with E-state index >= 15 is 0 Å². The lowest BCUT2D eigenvalue weighted by atomic mass is 10.1. The van der Waals surface area contributed by atoms with Crippen molar-refractivity contribution < 1.29 is 9.13 Å². The van der Waals surface area contributed by atoms with Crippen molar-refractivity contribution in [3.05, 3.63) is 50.7 Å². The molecule has 5 nitrogen and oxygen atoms in total. The smallest absolute Gasteiger partial charge is 0.294 e. The van der Waals surface area contributed by atoms with Gasteiger partial charge in [0, 0.05) is 0 Å². The first kappa shape index (κ1) is 15.0. The molecule has 7 heteroatoms. The van der Waals surface area contributed by atoms with E-state index in [0.717, 1.165) is 6.33 Å². The molecule has 0 fully saturated rings. The van der Waals surface area contributed by atoms with E-state index in [2.05, 4.69) is 9.97 Å². The number of halogens is 2. The predicted molar refractivity (Wildman–Crippen MR) is 75.4 cm³/mol. The van der Waals surface area contributed by atoms with E-state index in [-0.39, 0.29) is 22.2 Å². The summed E-state index contributed by atoms with van der Waals surface area (Å²) in [5.74, 6) is -0.0572. The molecular formula is C14H11ClFN3O2. The Morgan fingerprint density at radius 3 is 2.76 bits per heavy atom. The summed E-state index contributed by atoms with van der Waals surface area (Å²) < 4.78 is 19.0. The van der Waals surface area contributed by atoms with Crippen LogP contribution < -0.4 is 10.3 Å². The van der Waals surface area contributed by atoms with Gasteiger partial charge in [0.15, 0.2) is 0 Å². The number of rotatable bonds is 3. The third-order valence-corrected chi connectivity index (χ3v) is 3.06. The van der Waals surface area contributed by atoms with Crippen LogP contribution in [-0.2, 0) is 0 Å². The van der Waals surface area contributed by atoms with Crippen molar-refractivity contribution in [2.75, 3.05) is 0 Å². The second kappa shape index (κ2) is 5.94. The van der Waals surface area contributed by atoms with E-state index in [1.54, 1.807) is 13.0 Å². The molecule has 0 bridgehead atoms. The number of H-pyrrole nitrogens is 1. The van der Waals surface area contributed by atoms with Crippen LogP contribution in [0.3, 0.4) is 0 Å². The molecule has 0 aliphatic rings. The third-order valence-electron chi connectivity index (χ3n) is 2.78. The van der Waals surface area contributed by atoms with Gasteiger partial charge in [0.2, 0.25) is 5.75 Å². The van der Waals surface area contributed by atoms with Gasteiger partial charge in [0.05, 0.1) is 23.0 Å². The van der Waals surface area contributed by atoms with Crippen LogP contribution in [0, 0.1) is 18.3 Å². The van der Waals surface area contributed by atoms with Gasteiger partial charge in [-0.25, -0.2) is 9.37 Å². The first-order valence-corrected chi connectivity index (χ1v) is 6.41. The fourth-order valence-electron chi connectivity index (χ4n) is 1.81. The zero-order valence-corrected chi connectivity index (χ0v) is 12.0. The number of aromatic nitrogens is 2. The van der Waals surface area contributed by atoms with E-state index in [0.29, 0.717) is 11.1 Å². The lowest BCUT2D eigenvalue weighted by molar-refractivity contribution is 0.347. The molecule has 1 heterocycles. The molecule has 1 aromatic carbocycles. The highest BCUT2D eigenvalue weighted by atomic mass is 35.5. The van der Waals surface area contributed by atoms with Crippen molar-refractivity contribution in [3.8, 4) is 17.6 Å². The predicted octanol–water partition coefficient (Wildman–Crippen LogP) is 3.43. The van der Waals surface area contributed by atoms with Crippen molar-refractivity contribution in [3.63, 3.8) is 0 Å². The molecule has 2 rings (SSSR count). The minimum Gasteiger partial charge on any atom is -0.448 e. The fraction of sp³-hybridized carbons (Fsp3) is 0.214. The number of ether oxygens (including phenoxy) is 1. The highest BCUT2D eigenvalue weighted by Crippen LogP contribution is 2.34. The highest BCUT2D eigenvalue weighted by Gasteiger charge is 2.19. The van der Waals surface area contributed by atoms with Gasteiger partial charge in [0.1, 0.15) is 17.6 Å². The van der Waals surface area contributed by atoms with Crippen molar-refractivity contribution in [1.29, 1.82) is 5.26 Å². The van der Waals surface area contributed by atoms with E-state index in [4.69, 9.17) is 21.6 Å². The Morgan fingerprint density at radius 1 is 1.48 bits per heavy atom. The number of nitrogens with one attached hydrogen (secondary N) is 1. The Labute approximate surface area is 125 Å². The molecule has 108 valence electrons. The molecule has 0 spiro atoms. The maximum atomic E-state index is 13.5. The Kier molecular flexibility index (Phi) is 4.24. The fourth-order valence-corrected chi connectivity index (χ4v) is 2.11. The second-order valence-corrected chi connectivity index (χ2v) is 4.79. The Hall–Kier alpha value is -2.39. The zero-order valence-electron chi connectivity index (χ0n) is 11.3.